The van der Waals surface area contributed by atoms with Gasteiger partial charge in [0.2, 0.25) is 0 Å². The number of aldehydes is 1. The molecule has 0 fully saturated rings. The van der Waals surface area contributed by atoms with Crippen LogP contribution < -0.4 is 4.74 Å². The van der Waals surface area contributed by atoms with Crippen LogP contribution in [-0.4, -0.2) is 23.9 Å². The van der Waals surface area contributed by atoms with Crippen molar-refractivity contribution < 1.29 is 14.6 Å². The molecule has 0 amide bonds. The summed E-state index contributed by atoms with van der Waals surface area (Å²) in [5.74, 6) is 1.00. The van der Waals surface area contributed by atoms with Gasteiger partial charge in [0, 0.05) is 11.4 Å². The molecule has 1 N–H and O–H groups in total. The lowest BCUT2D eigenvalue weighted by Gasteiger charge is -2.07. The van der Waals surface area contributed by atoms with Crippen LogP contribution in [0.4, 0.5) is 0 Å². The molecule has 0 aliphatic heterocycles. The van der Waals surface area contributed by atoms with Gasteiger partial charge in [-0.1, -0.05) is 0 Å². The van der Waals surface area contributed by atoms with Gasteiger partial charge >= 0.3 is 0 Å². The molecule has 0 atom stereocenters. The van der Waals surface area contributed by atoms with Crippen LogP contribution in [0, 0.1) is 0 Å². The number of rotatable bonds is 6. The molecular weight excluding hydrogens is 216 g/mol. The summed E-state index contributed by atoms with van der Waals surface area (Å²) in [6.07, 6.45) is 2.41. The maximum absolute atomic E-state index is 10.4. The fourth-order valence-corrected chi connectivity index (χ4v) is 1.30. The summed E-state index contributed by atoms with van der Waals surface area (Å²) in [6.45, 7) is 0.515. The van der Waals surface area contributed by atoms with Crippen LogP contribution in [0.25, 0.3) is 0 Å². The van der Waals surface area contributed by atoms with Crippen molar-refractivity contribution in [3.63, 3.8) is 0 Å². The Balaban J connectivity index is 2.50. The average Bonchev–Trinajstić information content (AvgIpc) is 2.26. The topological polar surface area (TPSA) is 46.5 Å². The normalized spacial score (nSPS) is 9.93. The zero-order valence-corrected chi connectivity index (χ0v) is 9.04. The highest BCUT2D eigenvalue weighted by molar-refractivity contribution is 6.17. The SMILES string of the molecule is O=Cc1ccc(OCCCCCl)c(O)c1. The number of halogens is 1. The predicted octanol–water partition coefficient (Wildman–Crippen LogP) is 2.60. The van der Waals surface area contributed by atoms with E-state index in [4.69, 9.17) is 16.3 Å². The number of ether oxygens (including phenoxy) is 1. The summed E-state index contributed by atoms with van der Waals surface area (Å²) >= 11 is 5.51. The molecule has 0 spiro atoms. The first-order valence-electron chi connectivity index (χ1n) is 4.75. The number of aromatic hydroxyl groups is 1. The number of carbonyl (C=O) groups is 1. The summed E-state index contributed by atoms with van der Waals surface area (Å²) in [5.41, 5.74) is 0.431. The summed E-state index contributed by atoms with van der Waals surface area (Å²) in [7, 11) is 0. The lowest BCUT2D eigenvalue weighted by Crippen LogP contribution is -1.98. The fourth-order valence-electron chi connectivity index (χ4n) is 1.11. The van der Waals surface area contributed by atoms with Crippen molar-refractivity contribution in [1.29, 1.82) is 0 Å². The van der Waals surface area contributed by atoms with Crippen LogP contribution in [0.2, 0.25) is 0 Å². The van der Waals surface area contributed by atoms with Crippen LogP contribution >= 0.6 is 11.6 Å². The molecule has 1 aromatic carbocycles. The van der Waals surface area contributed by atoms with Gasteiger partial charge in [0.1, 0.15) is 6.29 Å². The molecule has 3 nitrogen and oxygen atoms in total. The number of benzene rings is 1. The van der Waals surface area contributed by atoms with E-state index >= 15 is 0 Å². The Bertz CT molecular complexity index is 326. The molecule has 0 aromatic heterocycles. The van der Waals surface area contributed by atoms with Gasteiger partial charge in [0.15, 0.2) is 11.5 Å². The smallest absolute Gasteiger partial charge is 0.160 e. The van der Waals surface area contributed by atoms with Crippen LogP contribution in [-0.2, 0) is 0 Å². The number of phenolic OH excluding ortho intramolecular Hbond substituents is 1. The van der Waals surface area contributed by atoms with Gasteiger partial charge < -0.3 is 9.84 Å². The molecule has 0 saturated carbocycles. The highest BCUT2D eigenvalue weighted by Gasteiger charge is 2.02. The van der Waals surface area contributed by atoms with Gasteiger partial charge in [-0.3, -0.25) is 4.79 Å². The van der Waals surface area contributed by atoms with E-state index in [9.17, 15) is 9.90 Å². The maximum atomic E-state index is 10.4. The molecule has 0 heterocycles. The quantitative estimate of drug-likeness (QED) is 0.463. The lowest BCUT2D eigenvalue weighted by atomic mass is 10.2. The molecule has 1 aromatic rings. The lowest BCUT2D eigenvalue weighted by molar-refractivity contribution is 0.112. The zero-order valence-electron chi connectivity index (χ0n) is 8.28. The molecule has 0 unspecified atom stereocenters. The molecule has 0 radical (unpaired) electrons. The van der Waals surface area contributed by atoms with Crippen molar-refractivity contribution in [3.8, 4) is 11.5 Å². The fraction of sp³-hybridized carbons (Fsp3) is 0.364. The predicted molar refractivity (Wildman–Crippen MR) is 58.9 cm³/mol. The second kappa shape index (κ2) is 6.30. The van der Waals surface area contributed by atoms with E-state index < -0.39 is 0 Å². The third-order valence-electron chi connectivity index (χ3n) is 1.90. The summed E-state index contributed by atoms with van der Waals surface area (Å²) < 4.78 is 5.31. The highest BCUT2D eigenvalue weighted by atomic mass is 35.5. The Labute approximate surface area is 93.6 Å². The van der Waals surface area contributed by atoms with E-state index in [-0.39, 0.29) is 5.75 Å². The molecule has 4 heteroatoms. The molecule has 0 aliphatic rings. The minimum atomic E-state index is -0.00882. The van der Waals surface area contributed by atoms with E-state index in [1.54, 1.807) is 12.1 Å². The third kappa shape index (κ3) is 3.80. The van der Waals surface area contributed by atoms with Crippen molar-refractivity contribution in [2.75, 3.05) is 12.5 Å². The number of carbonyl (C=O) groups excluding carboxylic acids is 1. The molecule has 15 heavy (non-hydrogen) atoms. The maximum Gasteiger partial charge on any atom is 0.160 e. The molecule has 0 saturated heterocycles. The Morgan fingerprint density at radius 2 is 2.20 bits per heavy atom. The van der Waals surface area contributed by atoms with E-state index in [1.165, 1.54) is 6.07 Å². The molecule has 1 rings (SSSR count). The Morgan fingerprint density at radius 1 is 1.40 bits per heavy atom. The highest BCUT2D eigenvalue weighted by Crippen LogP contribution is 2.26. The molecule has 0 bridgehead atoms. The minimum absolute atomic E-state index is 0.00882. The van der Waals surface area contributed by atoms with E-state index in [0.29, 0.717) is 30.1 Å². The average molecular weight is 229 g/mol. The Morgan fingerprint density at radius 3 is 2.80 bits per heavy atom. The molecular formula is C11H13ClO3. The number of unbranched alkanes of at least 4 members (excludes halogenated alkanes) is 1. The van der Waals surface area contributed by atoms with Crippen molar-refractivity contribution in [2.45, 2.75) is 12.8 Å². The Hall–Kier alpha value is -1.22. The molecule has 0 aliphatic carbocycles. The second-order valence-electron chi connectivity index (χ2n) is 3.09. The van der Waals surface area contributed by atoms with Gasteiger partial charge in [-0.05, 0) is 31.0 Å². The van der Waals surface area contributed by atoms with Gasteiger partial charge in [0.05, 0.1) is 6.61 Å². The summed E-state index contributed by atoms with van der Waals surface area (Å²) in [4.78, 5) is 10.4. The van der Waals surface area contributed by atoms with Crippen molar-refractivity contribution in [3.05, 3.63) is 23.8 Å². The summed E-state index contributed by atoms with van der Waals surface area (Å²) in [6, 6.07) is 4.56. The van der Waals surface area contributed by atoms with Gasteiger partial charge in [-0.2, -0.15) is 0 Å². The molecule has 82 valence electrons. The second-order valence-corrected chi connectivity index (χ2v) is 3.47. The van der Waals surface area contributed by atoms with Gasteiger partial charge in [0.25, 0.3) is 0 Å². The monoisotopic (exact) mass is 228 g/mol. The standard InChI is InChI=1S/C11H13ClO3/c12-5-1-2-6-15-11-4-3-9(8-13)7-10(11)14/h3-4,7-8,14H,1-2,5-6H2. The van der Waals surface area contributed by atoms with E-state index in [0.717, 1.165) is 12.8 Å². The first kappa shape index (κ1) is 11.9. The largest absolute Gasteiger partial charge is 0.504 e. The van der Waals surface area contributed by atoms with Crippen molar-refractivity contribution >= 4 is 17.9 Å². The Kier molecular flexibility index (Phi) is 4.98. The zero-order chi connectivity index (χ0) is 11.1. The van der Waals surface area contributed by atoms with E-state index in [1.807, 2.05) is 0 Å². The number of phenols is 1. The first-order valence-corrected chi connectivity index (χ1v) is 5.28. The third-order valence-corrected chi connectivity index (χ3v) is 2.17. The van der Waals surface area contributed by atoms with Crippen LogP contribution in [0.3, 0.4) is 0 Å². The number of alkyl halides is 1. The number of hydrogen-bond acceptors (Lipinski definition) is 3. The number of hydrogen-bond donors (Lipinski definition) is 1. The van der Waals surface area contributed by atoms with Gasteiger partial charge in [-0.25, -0.2) is 0 Å². The van der Waals surface area contributed by atoms with Crippen molar-refractivity contribution in [2.24, 2.45) is 0 Å². The van der Waals surface area contributed by atoms with E-state index in [2.05, 4.69) is 0 Å². The van der Waals surface area contributed by atoms with Gasteiger partial charge in [-0.15, -0.1) is 11.6 Å². The summed E-state index contributed by atoms with van der Waals surface area (Å²) in [5, 5.41) is 9.47. The first-order chi connectivity index (χ1) is 7.27. The van der Waals surface area contributed by atoms with Crippen LogP contribution in [0.15, 0.2) is 18.2 Å². The van der Waals surface area contributed by atoms with Crippen LogP contribution in [0.1, 0.15) is 23.2 Å². The van der Waals surface area contributed by atoms with Crippen molar-refractivity contribution in [1.82, 2.24) is 0 Å². The van der Waals surface area contributed by atoms with Crippen LogP contribution in [0.5, 0.6) is 11.5 Å². The minimum Gasteiger partial charge on any atom is -0.504 e.